The number of rotatable bonds is 4. The van der Waals surface area contributed by atoms with Crippen molar-refractivity contribution >= 4 is 35.6 Å². The summed E-state index contributed by atoms with van der Waals surface area (Å²) >= 11 is 0. The van der Waals surface area contributed by atoms with E-state index < -0.39 is 0 Å². The summed E-state index contributed by atoms with van der Waals surface area (Å²) in [6, 6.07) is 8.15. The highest BCUT2D eigenvalue weighted by molar-refractivity contribution is 14.0. The number of halogens is 1. The maximum Gasteiger partial charge on any atom is 0.193 e. The van der Waals surface area contributed by atoms with Crippen molar-refractivity contribution in [1.29, 1.82) is 0 Å². The number of likely N-dealkylation sites (tertiary alicyclic amines) is 1. The van der Waals surface area contributed by atoms with Crippen LogP contribution in [-0.4, -0.2) is 54.0 Å². The Morgan fingerprint density at radius 1 is 1.20 bits per heavy atom. The third-order valence-electron chi connectivity index (χ3n) is 5.69. The Morgan fingerprint density at radius 2 is 2.00 bits per heavy atom. The lowest BCUT2D eigenvalue weighted by Gasteiger charge is -2.38. The molecule has 3 N–H and O–H groups in total. The molecular weight excluding hydrogens is 495 g/mol. The largest absolute Gasteiger partial charge is 0.490 e. The lowest BCUT2D eigenvalue weighted by molar-refractivity contribution is 0.119. The second-order valence-corrected chi connectivity index (χ2v) is 7.77. The van der Waals surface area contributed by atoms with Crippen LogP contribution in [0.25, 0.3) is 0 Å². The first-order chi connectivity index (χ1) is 14.1. The molecule has 1 aromatic heterocycles. The Bertz CT molecular complexity index is 871. The smallest absolute Gasteiger partial charge is 0.193 e. The first-order valence-electron chi connectivity index (χ1n) is 10.3. The van der Waals surface area contributed by atoms with E-state index in [0.29, 0.717) is 37.7 Å². The van der Waals surface area contributed by atoms with Gasteiger partial charge in [-0.25, -0.2) is 0 Å². The quantitative estimate of drug-likeness (QED) is 0.362. The van der Waals surface area contributed by atoms with Gasteiger partial charge in [-0.05, 0) is 50.6 Å². The number of aliphatic imine (C=N–C) groups is 1. The number of piperidine rings is 1. The monoisotopic (exact) mass is 526 g/mol. The predicted octanol–water partition coefficient (Wildman–Crippen LogP) is 3.01. The summed E-state index contributed by atoms with van der Waals surface area (Å²) in [5.74, 6) is 2.32. The van der Waals surface area contributed by atoms with Crippen molar-refractivity contribution in [2.75, 3.05) is 38.7 Å². The Hall–Kier alpha value is -2.01. The van der Waals surface area contributed by atoms with E-state index in [-0.39, 0.29) is 24.0 Å². The Balaban J connectivity index is 0.00000256. The molecule has 2 aliphatic rings. The molecule has 0 unspecified atom stereocenters. The zero-order valence-electron chi connectivity index (χ0n) is 17.6. The minimum absolute atomic E-state index is 0. The van der Waals surface area contributed by atoms with E-state index in [1.54, 1.807) is 0 Å². The maximum atomic E-state index is 6.19. The average molecular weight is 526 g/mol. The lowest BCUT2D eigenvalue weighted by Crippen LogP contribution is -2.39. The van der Waals surface area contributed by atoms with Crippen LogP contribution in [0.2, 0.25) is 0 Å². The van der Waals surface area contributed by atoms with Crippen LogP contribution in [0.3, 0.4) is 0 Å². The molecule has 2 aromatic rings. The third-order valence-corrected chi connectivity index (χ3v) is 5.69. The average Bonchev–Trinajstić information content (AvgIpc) is 2.98. The fraction of sp³-hybridized carbons (Fsp3) is 0.524. The number of ether oxygens (including phenoxy) is 2. The molecular formula is C21H31IN6O2. The van der Waals surface area contributed by atoms with Crippen LogP contribution in [-0.2, 0) is 7.05 Å². The van der Waals surface area contributed by atoms with Gasteiger partial charge in [0, 0.05) is 38.0 Å². The second kappa shape index (κ2) is 10.3. The first-order valence-corrected chi connectivity index (χ1v) is 10.3. The summed E-state index contributed by atoms with van der Waals surface area (Å²) in [7, 11) is 4.17. The van der Waals surface area contributed by atoms with Gasteiger partial charge >= 0.3 is 0 Å². The van der Waals surface area contributed by atoms with Gasteiger partial charge in [-0.3, -0.25) is 14.6 Å². The van der Waals surface area contributed by atoms with Gasteiger partial charge in [-0.15, -0.1) is 24.0 Å². The summed E-state index contributed by atoms with van der Waals surface area (Å²) < 4.78 is 13.4. The number of aromatic nitrogens is 2. The van der Waals surface area contributed by atoms with Crippen molar-refractivity contribution in [3.63, 3.8) is 0 Å². The van der Waals surface area contributed by atoms with Gasteiger partial charge in [0.25, 0.3) is 0 Å². The van der Waals surface area contributed by atoms with Crippen molar-refractivity contribution in [3.8, 4) is 11.5 Å². The zero-order valence-corrected chi connectivity index (χ0v) is 19.9. The molecule has 1 aromatic carbocycles. The van der Waals surface area contributed by atoms with Crippen molar-refractivity contribution in [1.82, 2.24) is 14.7 Å². The lowest BCUT2D eigenvalue weighted by atomic mass is 9.87. The molecule has 9 heteroatoms. The number of nitrogens with two attached hydrogens (primary N) is 1. The molecule has 1 saturated heterocycles. The van der Waals surface area contributed by atoms with Gasteiger partial charge in [0.05, 0.1) is 24.9 Å². The number of hydrogen-bond donors (Lipinski definition) is 2. The standard InChI is InChI=1S/C21H30N6O2.HI/c1-26-10-3-5-15(20(26)17-8-9-24-27(17)2)14-23-21(22)25-16-6-7-18-19(13-16)29-12-4-11-28-18;/h6-9,13,15,20H,3-5,10-12,14H2,1-2H3,(H3,22,23,25);1H/t15-,20+;/m0./s1. The number of guanidine groups is 1. The molecule has 4 rings (SSSR count). The van der Waals surface area contributed by atoms with E-state index in [4.69, 9.17) is 15.2 Å². The van der Waals surface area contributed by atoms with Crippen LogP contribution in [0.15, 0.2) is 35.5 Å². The topological polar surface area (TPSA) is 89.9 Å². The van der Waals surface area contributed by atoms with E-state index in [2.05, 4.69) is 33.4 Å². The number of nitrogens with one attached hydrogen (secondary N) is 1. The highest BCUT2D eigenvalue weighted by Crippen LogP contribution is 2.35. The Labute approximate surface area is 194 Å². The first kappa shape index (κ1) is 22.7. The van der Waals surface area contributed by atoms with Crippen molar-refractivity contribution in [3.05, 3.63) is 36.2 Å². The zero-order chi connectivity index (χ0) is 20.2. The molecule has 3 heterocycles. The molecule has 1 fully saturated rings. The van der Waals surface area contributed by atoms with E-state index in [1.165, 1.54) is 12.1 Å². The van der Waals surface area contributed by atoms with Gasteiger partial charge in [-0.1, -0.05) is 0 Å². The molecule has 0 radical (unpaired) electrons. The second-order valence-electron chi connectivity index (χ2n) is 7.77. The summed E-state index contributed by atoms with van der Waals surface area (Å²) in [6.07, 6.45) is 5.04. The molecule has 2 aliphatic heterocycles. The van der Waals surface area contributed by atoms with Crippen LogP contribution in [0.5, 0.6) is 11.5 Å². The molecule has 8 nitrogen and oxygen atoms in total. The van der Waals surface area contributed by atoms with Gasteiger partial charge < -0.3 is 20.5 Å². The maximum absolute atomic E-state index is 6.19. The number of nitrogens with zero attached hydrogens (tertiary/aromatic N) is 4. The van der Waals surface area contributed by atoms with Gasteiger partial charge in [-0.2, -0.15) is 5.10 Å². The molecule has 0 amide bonds. The Kier molecular flexibility index (Phi) is 7.81. The summed E-state index contributed by atoms with van der Waals surface area (Å²) in [4.78, 5) is 7.05. The molecule has 0 aliphatic carbocycles. The van der Waals surface area contributed by atoms with E-state index >= 15 is 0 Å². The van der Waals surface area contributed by atoms with Crippen LogP contribution in [0.4, 0.5) is 5.69 Å². The molecule has 164 valence electrons. The van der Waals surface area contributed by atoms with Crippen molar-refractivity contribution in [2.45, 2.75) is 25.3 Å². The van der Waals surface area contributed by atoms with Crippen LogP contribution in [0, 0.1) is 5.92 Å². The van der Waals surface area contributed by atoms with Gasteiger partial charge in [0.15, 0.2) is 17.5 Å². The summed E-state index contributed by atoms with van der Waals surface area (Å²) in [6.45, 7) is 3.09. The SMILES string of the molecule is CN1CCC[C@@H](CN=C(N)Nc2ccc3c(c2)OCCCO3)[C@@H]1c1ccnn1C.I. The van der Waals surface area contributed by atoms with Crippen LogP contribution < -0.4 is 20.5 Å². The summed E-state index contributed by atoms with van der Waals surface area (Å²) in [5.41, 5.74) is 8.26. The van der Waals surface area contributed by atoms with E-state index in [1.807, 2.05) is 36.1 Å². The van der Waals surface area contributed by atoms with Gasteiger partial charge in [0.2, 0.25) is 0 Å². The van der Waals surface area contributed by atoms with Crippen molar-refractivity contribution < 1.29 is 9.47 Å². The van der Waals surface area contributed by atoms with Crippen LogP contribution in [0.1, 0.15) is 31.0 Å². The molecule has 30 heavy (non-hydrogen) atoms. The summed E-state index contributed by atoms with van der Waals surface area (Å²) in [5, 5.41) is 7.53. The van der Waals surface area contributed by atoms with E-state index in [0.717, 1.165) is 36.6 Å². The fourth-order valence-corrected chi connectivity index (χ4v) is 4.24. The number of benzene rings is 1. The fourth-order valence-electron chi connectivity index (χ4n) is 4.24. The van der Waals surface area contributed by atoms with Crippen LogP contribution >= 0.6 is 24.0 Å². The van der Waals surface area contributed by atoms with Gasteiger partial charge in [0.1, 0.15) is 0 Å². The number of aryl methyl sites for hydroxylation is 1. The predicted molar refractivity (Wildman–Crippen MR) is 129 cm³/mol. The molecule has 0 saturated carbocycles. The molecule has 2 atom stereocenters. The van der Waals surface area contributed by atoms with Crippen molar-refractivity contribution in [2.24, 2.45) is 23.7 Å². The number of anilines is 1. The minimum Gasteiger partial charge on any atom is -0.490 e. The minimum atomic E-state index is 0. The normalized spacial score (nSPS) is 22.1. The molecule has 0 spiro atoms. The molecule has 0 bridgehead atoms. The third kappa shape index (κ3) is 5.18. The highest BCUT2D eigenvalue weighted by atomic mass is 127. The number of fused-ring (bicyclic) bond motifs is 1. The highest BCUT2D eigenvalue weighted by Gasteiger charge is 2.32. The van der Waals surface area contributed by atoms with E-state index in [9.17, 15) is 0 Å². The Morgan fingerprint density at radius 3 is 2.77 bits per heavy atom. The number of hydrogen-bond acceptors (Lipinski definition) is 5.